The molecule has 0 aliphatic heterocycles. The quantitative estimate of drug-likeness (QED) is 0.435. The number of hydrogen-bond acceptors (Lipinski definition) is 5. The summed E-state index contributed by atoms with van der Waals surface area (Å²) in [5.74, 6) is -1.30. The second-order valence-electron chi connectivity index (χ2n) is 8.39. The number of halogens is 3. The third kappa shape index (κ3) is 6.12. The number of rotatable bonds is 8. The first-order valence-electron chi connectivity index (χ1n) is 11.0. The Labute approximate surface area is 205 Å². The van der Waals surface area contributed by atoms with Crippen molar-refractivity contribution < 1.29 is 32.0 Å². The Bertz CT molecular complexity index is 1260. The van der Waals surface area contributed by atoms with Crippen LogP contribution in [0.4, 0.5) is 13.2 Å². The zero-order valence-electron chi connectivity index (χ0n) is 20.1. The third-order valence-corrected chi connectivity index (χ3v) is 5.38. The zero-order valence-corrected chi connectivity index (χ0v) is 20.1. The molecule has 9 nitrogen and oxygen atoms in total. The van der Waals surface area contributed by atoms with Crippen LogP contribution in [-0.2, 0) is 24.6 Å². The summed E-state index contributed by atoms with van der Waals surface area (Å²) in [5.41, 5.74) is -0.102. The Balaban J connectivity index is 1.68. The predicted molar refractivity (Wildman–Crippen MR) is 124 cm³/mol. The van der Waals surface area contributed by atoms with Crippen LogP contribution in [0.1, 0.15) is 46.1 Å². The largest absolute Gasteiger partial charge is 0.451 e. The fourth-order valence-corrected chi connectivity index (χ4v) is 3.44. The van der Waals surface area contributed by atoms with Gasteiger partial charge in [-0.15, -0.1) is 0 Å². The number of alkyl halides is 3. The lowest BCUT2D eigenvalue weighted by Crippen LogP contribution is -2.48. The van der Waals surface area contributed by atoms with Crippen LogP contribution in [-0.4, -0.2) is 40.6 Å². The molecular formula is C24H26F3N5O4. The first-order valence-corrected chi connectivity index (χ1v) is 11.0. The average molecular weight is 505 g/mol. The molecule has 0 aliphatic carbocycles. The number of benzene rings is 1. The second kappa shape index (κ2) is 10.7. The van der Waals surface area contributed by atoms with E-state index in [0.717, 1.165) is 4.68 Å². The van der Waals surface area contributed by atoms with E-state index >= 15 is 0 Å². The third-order valence-electron chi connectivity index (χ3n) is 5.38. The maximum Gasteiger partial charge on any atom is 0.435 e. The van der Waals surface area contributed by atoms with Gasteiger partial charge in [-0.05, 0) is 29.7 Å². The number of aryl methyl sites for hydroxylation is 1. The van der Waals surface area contributed by atoms with Gasteiger partial charge >= 0.3 is 6.18 Å². The van der Waals surface area contributed by atoms with Gasteiger partial charge in [-0.1, -0.05) is 32.0 Å². The number of amides is 3. The van der Waals surface area contributed by atoms with Crippen molar-refractivity contribution in [2.45, 2.75) is 32.6 Å². The number of aromatic nitrogens is 2. The first kappa shape index (κ1) is 26.5. The van der Waals surface area contributed by atoms with E-state index in [1.165, 1.54) is 20.2 Å². The molecule has 0 saturated carbocycles. The van der Waals surface area contributed by atoms with Crippen molar-refractivity contribution >= 4 is 17.7 Å². The summed E-state index contributed by atoms with van der Waals surface area (Å²) in [5, 5.41) is 11.1. The first-order chi connectivity index (χ1) is 16.9. The van der Waals surface area contributed by atoms with Gasteiger partial charge in [-0.3, -0.25) is 19.1 Å². The summed E-state index contributed by atoms with van der Waals surface area (Å²) in [4.78, 5) is 37.0. The fraction of sp³-hybridized carbons (Fsp3) is 0.333. The van der Waals surface area contributed by atoms with Gasteiger partial charge < -0.3 is 20.4 Å². The van der Waals surface area contributed by atoms with Crippen molar-refractivity contribution in [2.75, 3.05) is 7.05 Å². The number of likely N-dealkylation sites (N-methyl/N-ethyl adjacent to an activating group) is 1. The van der Waals surface area contributed by atoms with Crippen LogP contribution in [0, 0.1) is 5.92 Å². The van der Waals surface area contributed by atoms with Gasteiger partial charge in [0.05, 0.1) is 0 Å². The highest BCUT2D eigenvalue weighted by atomic mass is 19.4. The van der Waals surface area contributed by atoms with E-state index in [0.29, 0.717) is 23.0 Å². The van der Waals surface area contributed by atoms with E-state index in [-0.39, 0.29) is 29.8 Å². The molecule has 0 unspecified atom stereocenters. The maximum absolute atomic E-state index is 12.8. The Kier molecular flexibility index (Phi) is 7.86. The lowest BCUT2D eigenvalue weighted by molar-refractivity contribution is -0.141. The minimum Gasteiger partial charge on any atom is -0.451 e. The molecule has 3 rings (SSSR count). The van der Waals surface area contributed by atoms with Crippen LogP contribution in [0.5, 0.6) is 0 Å². The van der Waals surface area contributed by atoms with Crippen LogP contribution < -0.4 is 16.0 Å². The number of hydrogen-bond donors (Lipinski definition) is 3. The normalized spacial score (nSPS) is 12.3. The summed E-state index contributed by atoms with van der Waals surface area (Å²) in [7, 11) is 2.74. The second-order valence-corrected chi connectivity index (χ2v) is 8.39. The average Bonchev–Trinajstić information content (AvgIpc) is 3.47. The molecule has 0 radical (unpaired) electrons. The van der Waals surface area contributed by atoms with Crippen LogP contribution in [0.15, 0.2) is 46.9 Å². The highest BCUT2D eigenvalue weighted by Gasteiger charge is 2.35. The Morgan fingerprint density at radius 1 is 1.08 bits per heavy atom. The van der Waals surface area contributed by atoms with Crippen LogP contribution in [0.3, 0.4) is 0 Å². The zero-order chi connectivity index (χ0) is 26.6. The number of nitrogens with one attached hydrogen (secondary N) is 3. The molecule has 36 heavy (non-hydrogen) atoms. The standard InChI is InChI=1S/C24H26F3N5O4/c1-13(2)20(23(35)28-3)30-22(34)18-9-8-17(36-18)15-7-5-6-14(10-15)12-29-21(33)16-11-19(24(25,26)27)31-32(16)4/h5-11,13,20H,12H2,1-4H3,(H,28,35)(H,29,33)(H,30,34)/t20-/m0/s1. The molecule has 0 saturated heterocycles. The summed E-state index contributed by atoms with van der Waals surface area (Å²) >= 11 is 0. The molecular weight excluding hydrogens is 479 g/mol. The van der Waals surface area contributed by atoms with Crippen molar-refractivity contribution in [1.29, 1.82) is 0 Å². The van der Waals surface area contributed by atoms with Gasteiger partial charge in [-0.2, -0.15) is 18.3 Å². The smallest absolute Gasteiger partial charge is 0.435 e. The Morgan fingerprint density at radius 3 is 2.42 bits per heavy atom. The number of carbonyl (C=O) groups excluding carboxylic acids is 3. The molecule has 0 fully saturated rings. The Morgan fingerprint density at radius 2 is 1.81 bits per heavy atom. The number of nitrogens with zero attached hydrogens (tertiary/aromatic N) is 2. The summed E-state index contributed by atoms with van der Waals surface area (Å²) in [6.07, 6.45) is -4.65. The van der Waals surface area contributed by atoms with Gasteiger partial charge in [0.15, 0.2) is 11.5 Å². The molecule has 192 valence electrons. The van der Waals surface area contributed by atoms with E-state index in [2.05, 4.69) is 21.0 Å². The van der Waals surface area contributed by atoms with Gasteiger partial charge in [0.2, 0.25) is 5.91 Å². The van der Waals surface area contributed by atoms with Crippen LogP contribution >= 0.6 is 0 Å². The van der Waals surface area contributed by atoms with Crippen molar-refractivity contribution in [3.05, 3.63) is 65.2 Å². The van der Waals surface area contributed by atoms with E-state index in [9.17, 15) is 27.6 Å². The molecule has 0 bridgehead atoms. The monoisotopic (exact) mass is 505 g/mol. The molecule has 0 spiro atoms. The van der Waals surface area contributed by atoms with Gasteiger partial charge in [0, 0.05) is 32.3 Å². The van der Waals surface area contributed by atoms with Crippen molar-refractivity contribution in [3.63, 3.8) is 0 Å². The minimum atomic E-state index is -4.65. The molecule has 3 N–H and O–H groups in total. The van der Waals surface area contributed by atoms with Crippen molar-refractivity contribution in [2.24, 2.45) is 13.0 Å². The van der Waals surface area contributed by atoms with E-state index in [4.69, 9.17) is 4.42 Å². The number of carbonyl (C=O) groups is 3. The van der Waals surface area contributed by atoms with Crippen molar-refractivity contribution in [1.82, 2.24) is 25.7 Å². The Hall–Kier alpha value is -4.09. The van der Waals surface area contributed by atoms with Crippen molar-refractivity contribution in [3.8, 4) is 11.3 Å². The summed E-state index contributed by atoms with van der Waals surface area (Å²) in [6, 6.07) is 9.94. The molecule has 3 amide bonds. The van der Waals surface area contributed by atoms with E-state index in [1.807, 2.05) is 13.8 Å². The van der Waals surface area contributed by atoms with E-state index < -0.39 is 29.7 Å². The molecule has 1 atom stereocenters. The molecule has 0 aliphatic rings. The van der Waals surface area contributed by atoms with E-state index in [1.54, 1.807) is 30.3 Å². The fourth-order valence-electron chi connectivity index (χ4n) is 3.44. The topological polar surface area (TPSA) is 118 Å². The van der Waals surface area contributed by atoms with Crippen LogP contribution in [0.2, 0.25) is 0 Å². The van der Waals surface area contributed by atoms with Crippen LogP contribution in [0.25, 0.3) is 11.3 Å². The summed E-state index contributed by atoms with van der Waals surface area (Å²) < 4.78 is 45.1. The lowest BCUT2D eigenvalue weighted by Gasteiger charge is -2.19. The molecule has 12 heteroatoms. The molecule has 2 heterocycles. The molecule has 3 aromatic rings. The minimum absolute atomic E-state index is 0.0231. The predicted octanol–water partition coefficient (Wildman–Crippen LogP) is 3.13. The lowest BCUT2D eigenvalue weighted by atomic mass is 10.0. The highest BCUT2D eigenvalue weighted by Crippen LogP contribution is 2.28. The molecule has 2 aromatic heterocycles. The SMILES string of the molecule is CNC(=O)[C@@H](NC(=O)c1ccc(-c2cccc(CNC(=O)c3cc(C(F)(F)F)nn3C)c2)o1)C(C)C. The molecule has 1 aromatic carbocycles. The summed E-state index contributed by atoms with van der Waals surface area (Å²) in [6.45, 7) is 3.65. The van der Waals surface area contributed by atoms with Gasteiger partial charge in [0.1, 0.15) is 17.5 Å². The van der Waals surface area contributed by atoms with Gasteiger partial charge in [-0.25, -0.2) is 0 Å². The number of furan rings is 1. The maximum atomic E-state index is 12.8. The van der Waals surface area contributed by atoms with Gasteiger partial charge in [0.25, 0.3) is 11.8 Å². The highest BCUT2D eigenvalue weighted by molar-refractivity contribution is 5.96.